The first kappa shape index (κ1) is 19.2. The summed E-state index contributed by atoms with van der Waals surface area (Å²) in [5.74, 6) is 0.263. The van der Waals surface area contributed by atoms with Gasteiger partial charge in [0.25, 0.3) is 0 Å². The molecule has 0 fully saturated rings. The van der Waals surface area contributed by atoms with Gasteiger partial charge in [-0.3, -0.25) is 4.99 Å². The monoisotopic (exact) mass is 372 g/mol. The Morgan fingerprint density at radius 2 is 1.67 bits per heavy atom. The first-order valence-corrected chi connectivity index (χ1v) is 6.39. The van der Waals surface area contributed by atoms with Crippen LogP contribution in [0.4, 0.5) is 0 Å². The normalized spacial score (nSPS) is 9.38. The molecule has 0 saturated heterocycles. The smallest absolute Gasteiger partial charge is 0.124 e. The van der Waals surface area contributed by atoms with Gasteiger partial charge >= 0.3 is 0 Å². The van der Waals surface area contributed by atoms with Gasteiger partial charge in [-0.2, -0.15) is 0 Å². The predicted octanol–water partition coefficient (Wildman–Crippen LogP) is 4.41. The Bertz CT molecular complexity index is 560. The number of allylic oxidation sites excluding steroid dienone is 1. The van der Waals surface area contributed by atoms with E-state index in [0.717, 1.165) is 16.7 Å². The molecule has 0 unspecified atom stereocenters. The number of phenolic OH excluding ortho intramolecular Hbond substituents is 1. The zero-order chi connectivity index (χ0) is 14.8. The van der Waals surface area contributed by atoms with Crippen LogP contribution in [0.3, 0.4) is 0 Å². The Morgan fingerprint density at radius 3 is 2.24 bits per heavy atom. The summed E-state index contributed by atoms with van der Waals surface area (Å²) in [6, 6.07) is 17.2. The van der Waals surface area contributed by atoms with E-state index in [-0.39, 0.29) is 26.2 Å². The van der Waals surface area contributed by atoms with Crippen molar-refractivity contribution in [1.82, 2.24) is 0 Å². The molecule has 0 atom stereocenters. The Labute approximate surface area is 140 Å². The van der Waals surface area contributed by atoms with E-state index in [4.69, 9.17) is 0 Å². The van der Waals surface area contributed by atoms with Crippen LogP contribution in [-0.2, 0) is 27.0 Å². The molecule has 2 aromatic rings. The van der Waals surface area contributed by atoms with Gasteiger partial charge in [0.05, 0.1) is 6.54 Å². The molecule has 0 aliphatic carbocycles. The molecule has 2 nitrogen and oxygen atoms in total. The minimum atomic E-state index is 0. The van der Waals surface area contributed by atoms with E-state index in [1.807, 2.05) is 49.4 Å². The summed E-state index contributed by atoms with van der Waals surface area (Å²) in [6.07, 6.45) is 1.70. The summed E-state index contributed by atoms with van der Waals surface area (Å²) in [6.45, 7) is 9.38. The van der Waals surface area contributed by atoms with Crippen LogP contribution in [0, 0.1) is 6.92 Å². The van der Waals surface area contributed by atoms with Crippen LogP contribution in [-0.4, -0.2) is 11.3 Å². The molecule has 3 heteroatoms. The number of hydrogen-bond donors (Lipinski definition) is 1. The molecular formula is C18H20NOPd-. The van der Waals surface area contributed by atoms with Gasteiger partial charge in [0.2, 0.25) is 0 Å². The van der Waals surface area contributed by atoms with Gasteiger partial charge in [-0.15, -0.1) is 0 Å². The minimum absolute atomic E-state index is 0. The first-order chi connectivity index (χ1) is 9.59. The van der Waals surface area contributed by atoms with Crippen LogP contribution in [0.15, 0.2) is 71.7 Å². The van der Waals surface area contributed by atoms with E-state index in [1.54, 1.807) is 18.3 Å². The maximum atomic E-state index is 9.52. The third kappa shape index (κ3) is 8.86. The molecule has 21 heavy (non-hydrogen) atoms. The van der Waals surface area contributed by atoms with Crippen molar-refractivity contribution in [2.45, 2.75) is 13.5 Å². The Balaban J connectivity index is 0.000000715. The number of aromatic hydroxyl groups is 1. The number of hydrogen-bond acceptors (Lipinski definition) is 2. The van der Waals surface area contributed by atoms with Crippen LogP contribution in [0.5, 0.6) is 5.75 Å². The quantitative estimate of drug-likeness (QED) is 0.483. The summed E-state index contributed by atoms with van der Waals surface area (Å²) in [5.41, 5.74) is 2.83. The molecule has 0 aliphatic heterocycles. The molecular weight excluding hydrogens is 353 g/mol. The fourth-order valence-corrected chi connectivity index (χ4v) is 1.43. The van der Waals surface area contributed by atoms with E-state index in [1.165, 1.54) is 0 Å². The van der Waals surface area contributed by atoms with E-state index in [2.05, 4.69) is 18.5 Å². The molecule has 0 aliphatic rings. The molecule has 2 aromatic carbocycles. The van der Waals surface area contributed by atoms with Gasteiger partial charge in [0.1, 0.15) is 5.75 Å². The van der Waals surface area contributed by atoms with Crippen molar-refractivity contribution in [1.29, 1.82) is 0 Å². The number of benzene rings is 2. The SMILES string of the molecule is C=C([CH2-])C.Oc1ccccc1C=NCc1ccccc1.[Pd]. The van der Waals surface area contributed by atoms with Crippen molar-refractivity contribution >= 4 is 6.21 Å². The third-order valence-corrected chi connectivity index (χ3v) is 2.28. The molecule has 2 rings (SSSR count). The van der Waals surface area contributed by atoms with Gasteiger partial charge in [-0.05, 0) is 17.7 Å². The zero-order valence-corrected chi connectivity index (χ0v) is 13.7. The topological polar surface area (TPSA) is 32.6 Å². The molecule has 0 saturated carbocycles. The number of phenols is 1. The summed E-state index contributed by atoms with van der Waals surface area (Å²) in [4.78, 5) is 4.29. The molecule has 0 spiro atoms. The van der Waals surface area contributed by atoms with Gasteiger partial charge in [0, 0.05) is 32.2 Å². The zero-order valence-electron chi connectivity index (χ0n) is 12.1. The van der Waals surface area contributed by atoms with Crippen molar-refractivity contribution in [3.8, 4) is 5.75 Å². The standard InChI is InChI=1S/C14H13NO.C4H7.Pd/c16-14-9-5-4-8-13(14)11-15-10-12-6-2-1-3-7-12;1-4(2)3;/h1-9,11,16H,10H2;1-2H2,3H3;/q;-1;. The van der Waals surface area contributed by atoms with Gasteiger partial charge in [-0.25, -0.2) is 19.1 Å². The predicted molar refractivity (Wildman–Crippen MR) is 86.0 cm³/mol. The molecule has 0 aromatic heterocycles. The minimum Gasteiger partial charge on any atom is -0.507 e. The van der Waals surface area contributed by atoms with Crippen molar-refractivity contribution in [2.24, 2.45) is 4.99 Å². The number of aliphatic imine (C=N–C) groups is 1. The second-order valence-corrected chi connectivity index (χ2v) is 4.47. The second-order valence-electron chi connectivity index (χ2n) is 4.47. The summed E-state index contributed by atoms with van der Waals surface area (Å²) >= 11 is 0. The van der Waals surface area contributed by atoms with E-state index in [0.29, 0.717) is 6.54 Å². The largest absolute Gasteiger partial charge is 0.507 e. The molecule has 0 heterocycles. The molecule has 1 N–H and O–H groups in total. The maximum Gasteiger partial charge on any atom is 0.124 e. The third-order valence-electron chi connectivity index (χ3n) is 2.28. The summed E-state index contributed by atoms with van der Waals surface area (Å²) in [5, 5.41) is 9.52. The number of para-hydroxylation sites is 1. The van der Waals surface area contributed by atoms with E-state index in [9.17, 15) is 5.11 Å². The van der Waals surface area contributed by atoms with Crippen LogP contribution < -0.4 is 0 Å². The molecule has 0 amide bonds. The van der Waals surface area contributed by atoms with E-state index >= 15 is 0 Å². The molecule has 114 valence electrons. The van der Waals surface area contributed by atoms with Gasteiger partial charge in [-0.1, -0.05) is 49.4 Å². The number of nitrogens with zero attached hydrogens (tertiary/aromatic N) is 1. The van der Waals surface area contributed by atoms with Crippen LogP contribution >= 0.6 is 0 Å². The van der Waals surface area contributed by atoms with Gasteiger partial charge in [0.15, 0.2) is 0 Å². The second kappa shape index (κ2) is 10.9. The number of rotatable bonds is 3. The Kier molecular flexibility index (Phi) is 9.97. The Hall–Kier alpha value is -1.82. The van der Waals surface area contributed by atoms with Crippen LogP contribution in [0.25, 0.3) is 0 Å². The average Bonchev–Trinajstić information content (AvgIpc) is 2.42. The van der Waals surface area contributed by atoms with Crippen molar-refractivity contribution < 1.29 is 25.5 Å². The van der Waals surface area contributed by atoms with Crippen LogP contribution in [0.1, 0.15) is 18.1 Å². The summed E-state index contributed by atoms with van der Waals surface area (Å²) in [7, 11) is 0. The summed E-state index contributed by atoms with van der Waals surface area (Å²) < 4.78 is 0. The van der Waals surface area contributed by atoms with Gasteiger partial charge < -0.3 is 5.11 Å². The molecule has 0 radical (unpaired) electrons. The van der Waals surface area contributed by atoms with E-state index < -0.39 is 0 Å². The fourth-order valence-electron chi connectivity index (χ4n) is 1.43. The van der Waals surface area contributed by atoms with Crippen molar-refractivity contribution in [3.05, 3.63) is 84.8 Å². The van der Waals surface area contributed by atoms with Crippen molar-refractivity contribution in [3.63, 3.8) is 0 Å². The molecule has 0 bridgehead atoms. The first-order valence-electron chi connectivity index (χ1n) is 6.39. The van der Waals surface area contributed by atoms with Crippen molar-refractivity contribution in [2.75, 3.05) is 0 Å². The fraction of sp³-hybridized carbons (Fsp3) is 0.111. The Morgan fingerprint density at radius 1 is 1.14 bits per heavy atom. The maximum absolute atomic E-state index is 9.52. The van der Waals surface area contributed by atoms with Crippen LogP contribution in [0.2, 0.25) is 0 Å². The average molecular weight is 373 g/mol.